The van der Waals surface area contributed by atoms with Crippen LogP contribution < -0.4 is 0 Å². The van der Waals surface area contributed by atoms with Crippen molar-refractivity contribution in [1.29, 1.82) is 0 Å². The molecule has 1 atom stereocenters. The Kier molecular flexibility index (Phi) is 4.35. The molecule has 0 amide bonds. The average Bonchev–Trinajstić information content (AvgIpc) is 2.56. The molecule has 1 rings (SSSR count). The molecule has 1 aromatic heterocycles. The van der Waals surface area contributed by atoms with Crippen molar-refractivity contribution in [3.63, 3.8) is 0 Å². The van der Waals surface area contributed by atoms with Gasteiger partial charge in [-0.05, 0) is 25.1 Å². The first-order valence-corrected chi connectivity index (χ1v) is 5.55. The van der Waals surface area contributed by atoms with Crippen molar-refractivity contribution in [3.05, 3.63) is 16.7 Å². The van der Waals surface area contributed by atoms with E-state index < -0.39 is 0 Å². The summed E-state index contributed by atoms with van der Waals surface area (Å²) in [5.41, 5.74) is 0.885. The van der Waals surface area contributed by atoms with Crippen molar-refractivity contribution in [1.82, 2.24) is 9.55 Å². The molecule has 0 aliphatic carbocycles. The zero-order valence-electron chi connectivity index (χ0n) is 8.79. The van der Waals surface area contributed by atoms with Gasteiger partial charge in [-0.2, -0.15) is 0 Å². The topological polar surface area (TPSA) is 41.0 Å². The molecule has 0 aromatic carbocycles. The maximum absolute atomic E-state index is 9.16. The van der Waals surface area contributed by atoms with Crippen LogP contribution in [-0.2, 0) is 6.61 Å². The Morgan fingerprint density at radius 3 is 2.79 bits per heavy atom. The predicted octanol–water partition coefficient (Wildman–Crippen LogP) is 2.79. The van der Waals surface area contributed by atoms with Crippen LogP contribution in [0.5, 0.6) is 0 Å². The number of nitrogens with zero attached hydrogens (tertiary/aromatic N) is 1. The number of aliphatic hydroxyl groups excluding tert-OH is 1. The van der Waals surface area contributed by atoms with Gasteiger partial charge in [0.2, 0.25) is 0 Å². The van der Waals surface area contributed by atoms with E-state index in [1.807, 2.05) is 4.57 Å². The third kappa shape index (κ3) is 2.25. The van der Waals surface area contributed by atoms with Gasteiger partial charge >= 0.3 is 0 Å². The van der Waals surface area contributed by atoms with Crippen LogP contribution in [-0.4, -0.2) is 14.7 Å². The fourth-order valence-electron chi connectivity index (χ4n) is 1.79. The number of hydrogen-bond donors (Lipinski definition) is 2. The van der Waals surface area contributed by atoms with Crippen molar-refractivity contribution < 1.29 is 5.11 Å². The first-order valence-electron chi connectivity index (χ1n) is 5.14. The number of nitrogens with one attached hydrogen (secondary N) is 1. The lowest BCUT2D eigenvalue weighted by atomic mass is 10.1. The van der Waals surface area contributed by atoms with E-state index in [-0.39, 0.29) is 6.61 Å². The third-order valence-corrected chi connectivity index (χ3v) is 2.83. The summed E-state index contributed by atoms with van der Waals surface area (Å²) in [6, 6.07) is 0.417. The van der Waals surface area contributed by atoms with E-state index in [0.29, 0.717) is 10.8 Å². The van der Waals surface area contributed by atoms with Crippen LogP contribution in [0.2, 0.25) is 0 Å². The van der Waals surface area contributed by atoms with Crippen LogP contribution in [0.3, 0.4) is 0 Å². The lowest BCUT2D eigenvalue weighted by Gasteiger charge is -2.18. The molecule has 1 aromatic rings. The molecule has 14 heavy (non-hydrogen) atoms. The molecule has 0 aliphatic heterocycles. The molecule has 0 bridgehead atoms. The number of aliphatic hydroxyl groups is 1. The average molecular weight is 214 g/mol. The number of imidazole rings is 1. The summed E-state index contributed by atoms with van der Waals surface area (Å²) in [5, 5.41) is 9.16. The molecule has 0 saturated carbocycles. The summed E-state index contributed by atoms with van der Waals surface area (Å²) in [7, 11) is 0. The monoisotopic (exact) mass is 214 g/mol. The minimum absolute atomic E-state index is 0.0490. The van der Waals surface area contributed by atoms with Crippen LogP contribution in [0.4, 0.5) is 0 Å². The summed E-state index contributed by atoms with van der Waals surface area (Å²) < 4.78 is 2.76. The van der Waals surface area contributed by atoms with E-state index in [4.69, 9.17) is 17.3 Å². The van der Waals surface area contributed by atoms with Crippen molar-refractivity contribution in [2.45, 2.75) is 45.8 Å². The van der Waals surface area contributed by atoms with E-state index in [9.17, 15) is 0 Å². The fraction of sp³-hybridized carbons (Fsp3) is 0.700. The van der Waals surface area contributed by atoms with Crippen LogP contribution in [0, 0.1) is 4.77 Å². The second-order valence-electron chi connectivity index (χ2n) is 3.46. The zero-order valence-corrected chi connectivity index (χ0v) is 9.60. The van der Waals surface area contributed by atoms with Gasteiger partial charge in [-0.1, -0.05) is 20.3 Å². The van der Waals surface area contributed by atoms with Crippen molar-refractivity contribution >= 4 is 12.2 Å². The summed E-state index contributed by atoms with van der Waals surface area (Å²) in [6.07, 6.45) is 5.08. The normalized spacial score (nSPS) is 13.1. The highest BCUT2D eigenvalue weighted by Crippen LogP contribution is 2.20. The highest BCUT2D eigenvalue weighted by atomic mass is 32.1. The number of H-pyrrole nitrogens is 1. The molecular weight excluding hydrogens is 196 g/mol. The van der Waals surface area contributed by atoms with Gasteiger partial charge in [-0.25, -0.2) is 0 Å². The molecule has 2 N–H and O–H groups in total. The quantitative estimate of drug-likeness (QED) is 0.740. The van der Waals surface area contributed by atoms with E-state index in [2.05, 4.69) is 18.8 Å². The third-order valence-electron chi connectivity index (χ3n) is 2.51. The summed E-state index contributed by atoms with van der Waals surface area (Å²) in [4.78, 5) is 2.98. The molecule has 0 aliphatic rings. The number of hydrogen-bond acceptors (Lipinski definition) is 2. The molecule has 1 unspecified atom stereocenters. The van der Waals surface area contributed by atoms with Gasteiger partial charge in [0.05, 0.1) is 12.3 Å². The highest BCUT2D eigenvalue weighted by Gasteiger charge is 2.12. The molecule has 80 valence electrons. The maximum atomic E-state index is 9.16. The second-order valence-corrected chi connectivity index (χ2v) is 3.85. The van der Waals surface area contributed by atoms with Crippen molar-refractivity contribution in [2.24, 2.45) is 0 Å². The van der Waals surface area contributed by atoms with E-state index in [0.717, 1.165) is 25.0 Å². The van der Waals surface area contributed by atoms with Crippen molar-refractivity contribution in [2.75, 3.05) is 0 Å². The minimum atomic E-state index is 0.0490. The van der Waals surface area contributed by atoms with Gasteiger partial charge in [0, 0.05) is 12.2 Å². The Hall–Kier alpha value is -0.610. The smallest absolute Gasteiger partial charge is 0.177 e. The summed E-state index contributed by atoms with van der Waals surface area (Å²) in [6.45, 7) is 4.36. The molecule has 0 saturated heterocycles. The predicted molar refractivity (Wildman–Crippen MR) is 59.8 cm³/mol. The van der Waals surface area contributed by atoms with Crippen LogP contribution in [0.1, 0.15) is 44.8 Å². The second kappa shape index (κ2) is 5.32. The SMILES string of the molecule is CCCC(CC)n1c(CO)c[nH]c1=S. The standard InChI is InChI=1S/C10H18N2OS/c1-3-5-8(4-2)12-9(7-13)6-11-10(12)14/h6,8,13H,3-5,7H2,1-2H3,(H,11,14). The highest BCUT2D eigenvalue weighted by molar-refractivity contribution is 7.71. The van der Waals surface area contributed by atoms with Crippen LogP contribution in [0.15, 0.2) is 6.20 Å². The molecule has 4 heteroatoms. The van der Waals surface area contributed by atoms with E-state index in [1.165, 1.54) is 0 Å². The Labute approximate surface area is 89.8 Å². The van der Waals surface area contributed by atoms with Crippen LogP contribution in [0.25, 0.3) is 0 Å². The molecule has 0 radical (unpaired) electrons. The first kappa shape index (κ1) is 11.5. The Morgan fingerprint density at radius 1 is 1.57 bits per heavy atom. The molecule has 0 fully saturated rings. The Balaban J connectivity index is 3.00. The number of aromatic amines is 1. The molecule has 3 nitrogen and oxygen atoms in total. The lowest BCUT2D eigenvalue weighted by Crippen LogP contribution is -2.11. The fourth-order valence-corrected chi connectivity index (χ4v) is 2.11. The largest absolute Gasteiger partial charge is 0.390 e. The number of rotatable bonds is 5. The van der Waals surface area contributed by atoms with Crippen molar-refractivity contribution in [3.8, 4) is 0 Å². The first-order chi connectivity index (χ1) is 6.74. The minimum Gasteiger partial charge on any atom is -0.390 e. The van der Waals surface area contributed by atoms with Gasteiger partial charge in [0.15, 0.2) is 4.77 Å². The summed E-state index contributed by atoms with van der Waals surface area (Å²) >= 11 is 5.19. The Morgan fingerprint density at radius 2 is 2.29 bits per heavy atom. The summed E-state index contributed by atoms with van der Waals surface area (Å²) in [5.74, 6) is 0. The zero-order chi connectivity index (χ0) is 10.6. The maximum Gasteiger partial charge on any atom is 0.177 e. The van der Waals surface area contributed by atoms with Gasteiger partial charge in [-0.3, -0.25) is 0 Å². The van der Waals surface area contributed by atoms with Gasteiger partial charge in [0.25, 0.3) is 0 Å². The van der Waals surface area contributed by atoms with Gasteiger partial charge in [0.1, 0.15) is 0 Å². The van der Waals surface area contributed by atoms with E-state index in [1.54, 1.807) is 6.20 Å². The lowest BCUT2D eigenvalue weighted by molar-refractivity contribution is 0.263. The Bertz CT molecular complexity index is 329. The molecule has 0 spiro atoms. The van der Waals surface area contributed by atoms with E-state index >= 15 is 0 Å². The van der Waals surface area contributed by atoms with Gasteiger partial charge in [-0.15, -0.1) is 0 Å². The molecular formula is C10H18N2OS. The van der Waals surface area contributed by atoms with Crippen LogP contribution >= 0.6 is 12.2 Å². The van der Waals surface area contributed by atoms with Gasteiger partial charge < -0.3 is 14.7 Å². The number of aromatic nitrogens is 2. The molecule has 1 heterocycles.